The quantitative estimate of drug-likeness (QED) is 0.509. The zero-order chi connectivity index (χ0) is 19.7. The molecule has 10 nitrogen and oxygen atoms in total. The second-order valence-corrected chi connectivity index (χ2v) is 6.05. The first-order chi connectivity index (χ1) is 12.8. The molecule has 2 heterocycles. The molecule has 2 N–H and O–H groups in total. The van der Waals surface area contributed by atoms with E-state index in [9.17, 15) is 14.4 Å². The van der Waals surface area contributed by atoms with E-state index < -0.39 is 11.2 Å². The Morgan fingerprint density at radius 3 is 2.37 bits per heavy atom. The summed E-state index contributed by atoms with van der Waals surface area (Å²) in [5, 5.41) is 6.80. The summed E-state index contributed by atoms with van der Waals surface area (Å²) in [5.74, 6) is 0.190. The fourth-order valence-electron chi connectivity index (χ4n) is 2.64. The fourth-order valence-corrected chi connectivity index (χ4v) is 2.64. The number of hydrogen-bond acceptors (Lipinski definition) is 6. The molecule has 0 radical (unpaired) electrons. The lowest BCUT2D eigenvalue weighted by molar-refractivity contribution is -0.114. The molecule has 140 valence electrons. The molecule has 3 rings (SSSR count). The van der Waals surface area contributed by atoms with E-state index in [0.29, 0.717) is 17.2 Å². The minimum atomic E-state index is -0.445. The number of hydrazone groups is 1. The van der Waals surface area contributed by atoms with Gasteiger partial charge < -0.3 is 9.88 Å². The van der Waals surface area contributed by atoms with E-state index in [0.717, 1.165) is 10.1 Å². The summed E-state index contributed by atoms with van der Waals surface area (Å²) < 4.78 is 3.90. The van der Waals surface area contributed by atoms with E-state index in [2.05, 4.69) is 20.8 Å². The van der Waals surface area contributed by atoms with E-state index in [-0.39, 0.29) is 11.6 Å². The second kappa shape index (κ2) is 6.90. The van der Waals surface area contributed by atoms with Gasteiger partial charge in [0, 0.05) is 33.8 Å². The van der Waals surface area contributed by atoms with Gasteiger partial charge in [0.05, 0.1) is 6.21 Å². The van der Waals surface area contributed by atoms with Crippen molar-refractivity contribution in [1.29, 1.82) is 0 Å². The number of nitrogens with one attached hydrogen (secondary N) is 2. The van der Waals surface area contributed by atoms with Crippen molar-refractivity contribution < 1.29 is 4.79 Å². The lowest BCUT2D eigenvalue weighted by Crippen LogP contribution is -2.37. The Hall–Kier alpha value is -3.69. The molecule has 0 fully saturated rings. The van der Waals surface area contributed by atoms with Crippen LogP contribution < -0.4 is 22.0 Å². The Kier molecular flexibility index (Phi) is 4.63. The number of imidazole rings is 1. The average molecular weight is 369 g/mol. The van der Waals surface area contributed by atoms with Crippen LogP contribution in [0.4, 0.5) is 11.6 Å². The van der Waals surface area contributed by atoms with Gasteiger partial charge in [0.2, 0.25) is 11.9 Å². The predicted octanol–water partition coefficient (Wildman–Crippen LogP) is 0.375. The Morgan fingerprint density at radius 2 is 1.74 bits per heavy atom. The Labute approximate surface area is 153 Å². The third-order valence-electron chi connectivity index (χ3n) is 4.08. The van der Waals surface area contributed by atoms with Crippen LogP contribution in [0, 0.1) is 0 Å². The smallest absolute Gasteiger partial charge is 0.326 e. The Bertz CT molecular complexity index is 1170. The number of hydrogen-bond donors (Lipinski definition) is 2. The maximum absolute atomic E-state index is 12.3. The maximum atomic E-state index is 12.3. The van der Waals surface area contributed by atoms with Crippen LogP contribution in [0.3, 0.4) is 0 Å². The van der Waals surface area contributed by atoms with Crippen LogP contribution in [0.1, 0.15) is 12.5 Å². The van der Waals surface area contributed by atoms with Crippen LogP contribution in [0.2, 0.25) is 0 Å². The number of aryl methyl sites for hydroxylation is 2. The van der Waals surface area contributed by atoms with Gasteiger partial charge in [-0.25, -0.2) is 10.2 Å². The van der Waals surface area contributed by atoms with Crippen molar-refractivity contribution in [3.05, 3.63) is 50.7 Å². The topological polar surface area (TPSA) is 115 Å². The van der Waals surface area contributed by atoms with Crippen molar-refractivity contribution in [3.63, 3.8) is 0 Å². The second-order valence-electron chi connectivity index (χ2n) is 6.05. The van der Waals surface area contributed by atoms with E-state index >= 15 is 0 Å². The van der Waals surface area contributed by atoms with Crippen molar-refractivity contribution in [1.82, 2.24) is 18.7 Å². The number of rotatable bonds is 4. The summed E-state index contributed by atoms with van der Waals surface area (Å²) in [6, 6.07) is 7.12. The number of carbonyl (C=O) groups excluding carboxylic acids is 1. The first kappa shape index (κ1) is 18.1. The van der Waals surface area contributed by atoms with Gasteiger partial charge in [0.1, 0.15) is 0 Å². The minimum absolute atomic E-state index is 0.138. The summed E-state index contributed by atoms with van der Waals surface area (Å²) in [5.41, 5.74) is 3.99. The van der Waals surface area contributed by atoms with Gasteiger partial charge in [-0.3, -0.25) is 18.7 Å². The number of nitrogens with zero attached hydrogens (tertiary/aromatic N) is 5. The summed E-state index contributed by atoms with van der Waals surface area (Å²) in [6.07, 6.45) is 1.58. The van der Waals surface area contributed by atoms with Crippen molar-refractivity contribution >= 4 is 34.9 Å². The van der Waals surface area contributed by atoms with Gasteiger partial charge in [-0.15, -0.1) is 0 Å². The van der Waals surface area contributed by atoms with E-state index in [1.54, 1.807) is 49.1 Å². The zero-order valence-electron chi connectivity index (χ0n) is 15.3. The van der Waals surface area contributed by atoms with E-state index in [1.807, 2.05) is 0 Å². The standard InChI is InChI=1S/C17H19N7O3/c1-10(25)19-12-7-5-11(6-8-12)9-18-21-16-20-14-13(22(16)2)15(26)24(4)17(27)23(14)3/h5-9H,1-4H3,(H,19,25)(H,20,21)/b18-9+. The molecule has 27 heavy (non-hydrogen) atoms. The monoisotopic (exact) mass is 369 g/mol. The SMILES string of the molecule is CC(=O)Nc1ccc(/C=N/Nc2nc3c(c(=O)n(C)c(=O)n3C)n2C)cc1. The van der Waals surface area contributed by atoms with Crippen molar-refractivity contribution in [3.8, 4) is 0 Å². The molecule has 0 bridgehead atoms. The summed E-state index contributed by atoms with van der Waals surface area (Å²) in [6.45, 7) is 1.44. The van der Waals surface area contributed by atoms with Crippen LogP contribution in [0.25, 0.3) is 11.2 Å². The predicted molar refractivity (Wildman–Crippen MR) is 103 cm³/mol. The molecular formula is C17H19N7O3. The Morgan fingerprint density at radius 1 is 1.07 bits per heavy atom. The highest BCUT2D eigenvalue weighted by Crippen LogP contribution is 2.13. The molecular weight excluding hydrogens is 350 g/mol. The normalized spacial score (nSPS) is 11.3. The number of amides is 1. The highest BCUT2D eigenvalue weighted by molar-refractivity contribution is 5.89. The molecule has 1 aromatic carbocycles. The third-order valence-corrected chi connectivity index (χ3v) is 4.08. The number of carbonyl (C=O) groups is 1. The van der Waals surface area contributed by atoms with E-state index in [4.69, 9.17) is 0 Å². The van der Waals surface area contributed by atoms with Crippen LogP contribution >= 0.6 is 0 Å². The van der Waals surface area contributed by atoms with Gasteiger partial charge in [-0.05, 0) is 17.7 Å². The first-order valence-electron chi connectivity index (χ1n) is 8.08. The number of fused-ring (bicyclic) bond motifs is 1. The third kappa shape index (κ3) is 3.36. The molecule has 0 spiro atoms. The van der Waals surface area contributed by atoms with Crippen LogP contribution in [0.15, 0.2) is 39.0 Å². The molecule has 0 aliphatic rings. The van der Waals surface area contributed by atoms with Gasteiger partial charge in [-0.2, -0.15) is 10.1 Å². The summed E-state index contributed by atoms with van der Waals surface area (Å²) in [7, 11) is 4.65. The molecule has 2 aromatic heterocycles. The molecule has 0 saturated carbocycles. The number of anilines is 2. The minimum Gasteiger partial charge on any atom is -0.326 e. The molecule has 0 aliphatic carbocycles. The zero-order valence-corrected chi connectivity index (χ0v) is 15.3. The molecule has 10 heteroatoms. The molecule has 3 aromatic rings. The van der Waals surface area contributed by atoms with Crippen molar-refractivity contribution in [2.45, 2.75) is 6.92 Å². The van der Waals surface area contributed by atoms with Crippen molar-refractivity contribution in [2.75, 3.05) is 10.7 Å². The molecule has 0 unspecified atom stereocenters. The largest absolute Gasteiger partial charge is 0.332 e. The van der Waals surface area contributed by atoms with Crippen LogP contribution in [0.5, 0.6) is 0 Å². The average Bonchev–Trinajstić information content (AvgIpc) is 2.96. The molecule has 0 saturated heterocycles. The van der Waals surface area contributed by atoms with Crippen LogP contribution in [-0.4, -0.2) is 30.8 Å². The lowest BCUT2D eigenvalue weighted by atomic mass is 10.2. The molecule has 0 atom stereocenters. The van der Waals surface area contributed by atoms with Crippen molar-refractivity contribution in [2.24, 2.45) is 26.2 Å². The van der Waals surface area contributed by atoms with Gasteiger partial charge in [0.15, 0.2) is 11.2 Å². The first-order valence-corrected chi connectivity index (χ1v) is 8.08. The highest BCUT2D eigenvalue weighted by Gasteiger charge is 2.16. The fraction of sp³-hybridized carbons (Fsp3) is 0.235. The molecule has 0 aliphatic heterocycles. The lowest BCUT2D eigenvalue weighted by Gasteiger charge is -2.03. The van der Waals surface area contributed by atoms with E-state index in [1.165, 1.54) is 18.5 Å². The Balaban J connectivity index is 1.86. The maximum Gasteiger partial charge on any atom is 0.332 e. The highest BCUT2D eigenvalue weighted by atomic mass is 16.2. The number of aromatic nitrogens is 4. The van der Waals surface area contributed by atoms with Crippen LogP contribution in [-0.2, 0) is 25.9 Å². The summed E-state index contributed by atoms with van der Waals surface area (Å²) in [4.78, 5) is 39.7. The number of benzene rings is 1. The summed E-state index contributed by atoms with van der Waals surface area (Å²) >= 11 is 0. The molecule has 1 amide bonds. The van der Waals surface area contributed by atoms with Gasteiger partial charge in [0.25, 0.3) is 5.56 Å². The van der Waals surface area contributed by atoms with Gasteiger partial charge >= 0.3 is 5.69 Å². The van der Waals surface area contributed by atoms with Gasteiger partial charge in [-0.1, -0.05) is 12.1 Å².